The Kier molecular flexibility index (Phi) is 5.07. The Morgan fingerprint density at radius 1 is 1.00 bits per heavy atom. The molecule has 0 unspecified atom stereocenters. The third-order valence-corrected chi connectivity index (χ3v) is 4.35. The van der Waals surface area contributed by atoms with Crippen molar-refractivity contribution in [3.63, 3.8) is 0 Å². The molecule has 0 saturated heterocycles. The van der Waals surface area contributed by atoms with E-state index in [9.17, 15) is 4.79 Å². The molecule has 7 nitrogen and oxygen atoms in total. The molecule has 1 aromatic carbocycles. The first-order valence-corrected chi connectivity index (χ1v) is 8.89. The van der Waals surface area contributed by atoms with Gasteiger partial charge in [-0.2, -0.15) is 0 Å². The van der Waals surface area contributed by atoms with Crippen molar-refractivity contribution >= 4 is 17.5 Å². The number of nitrogens with one attached hydrogen (secondary N) is 1. The second-order valence-corrected chi connectivity index (χ2v) is 6.39. The van der Waals surface area contributed by atoms with Crippen LogP contribution in [0.15, 0.2) is 73.3 Å². The average molecular weight is 391 g/mol. The van der Waals surface area contributed by atoms with Gasteiger partial charge in [-0.15, -0.1) is 5.10 Å². The molecule has 0 aliphatic heterocycles. The van der Waals surface area contributed by atoms with Crippen molar-refractivity contribution in [2.24, 2.45) is 0 Å². The molecule has 0 spiro atoms. The molecule has 1 N–H and O–H groups in total. The summed E-state index contributed by atoms with van der Waals surface area (Å²) in [4.78, 5) is 21.0. The molecule has 0 saturated carbocycles. The van der Waals surface area contributed by atoms with Crippen LogP contribution in [0.4, 0.5) is 0 Å². The summed E-state index contributed by atoms with van der Waals surface area (Å²) in [6, 6.07) is 14.5. The minimum atomic E-state index is -0.323. The van der Waals surface area contributed by atoms with E-state index in [2.05, 4.69) is 25.6 Å². The van der Waals surface area contributed by atoms with E-state index >= 15 is 0 Å². The van der Waals surface area contributed by atoms with E-state index in [1.807, 2.05) is 30.3 Å². The number of rotatable bonds is 5. The van der Waals surface area contributed by atoms with Crippen molar-refractivity contribution in [3.05, 3.63) is 89.6 Å². The zero-order valence-corrected chi connectivity index (χ0v) is 15.4. The number of nitrogens with zero attached hydrogens (tertiary/aromatic N) is 5. The Morgan fingerprint density at radius 2 is 1.79 bits per heavy atom. The monoisotopic (exact) mass is 390 g/mol. The Labute approximate surface area is 166 Å². The maximum absolute atomic E-state index is 12.8. The number of pyridine rings is 2. The molecule has 3 heterocycles. The molecule has 8 heteroatoms. The van der Waals surface area contributed by atoms with Crippen molar-refractivity contribution in [3.8, 4) is 16.9 Å². The summed E-state index contributed by atoms with van der Waals surface area (Å²) < 4.78 is 1.61. The van der Waals surface area contributed by atoms with Crippen LogP contribution in [0, 0.1) is 0 Å². The second-order valence-electron chi connectivity index (χ2n) is 5.95. The van der Waals surface area contributed by atoms with Crippen molar-refractivity contribution in [1.29, 1.82) is 0 Å². The van der Waals surface area contributed by atoms with E-state index in [-0.39, 0.29) is 11.6 Å². The van der Waals surface area contributed by atoms with Gasteiger partial charge in [0.15, 0.2) is 5.69 Å². The van der Waals surface area contributed by atoms with Gasteiger partial charge in [-0.05, 0) is 54.1 Å². The number of carbonyl (C=O) groups excluding carboxylic acids is 1. The lowest BCUT2D eigenvalue weighted by molar-refractivity contribution is 0.0946. The molecule has 0 aliphatic carbocycles. The van der Waals surface area contributed by atoms with Crippen LogP contribution in [0.3, 0.4) is 0 Å². The van der Waals surface area contributed by atoms with Crippen molar-refractivity contribution in [2.45, 2.75) is 6.54 Å². The summed E-state index contributed by atoms with van der Waals surface area (Å²) >= 11 is 5.99. The fourth-order valence-corrected chi connectivity index (χ4v) is 2.85. The lowest BCUT2D eigenvalue weighted by Crippen LogP contribution is -2.24. The molecule has 138 valence electrons. The third kappa shape index (κ3) is 3.74. The van der Waals surface area contributed by atoms with Crippen LogP contribution in [0.1, 0.15) is 16.1 Å². The van der Waals surface area contributed by atoms with Crippen LogP contribution in [0.5, 0.6) is 0 Å². The highest BCUT2D eigenvalue weighted by Gasteiger charge is 2.22. The molecule has 3 aromatic heterocycles. The van der Waals surface area contributed by atoms with Crippen LogP contribution < -0.4 is 5.32 Å². The Balaban J connectivity index is 1.71. The molecule has 4 rings (SSSR count). The van der Waals surface area contributed by atoms with Gasteiger partial charge in [-0.1, -0.05) is 16.8 Å². The highest BCUT2D eigenvalue weighted by atomic mass is 35.5. The van der Waals surface area contributed by atoms with E-state index < -0.39 is 0 Å². The van der Waals surface area contributed by atoms with Gasteiger partial charge in [0, 0.05) is 41.9 Å². The summed E-state index contributed by atoms with van der Waals surface area (Å²) in [5, 5.41) is 11.8. The first-order valence-electron chi connectivity index (χ1n) is 8.51. The first-order chi connectivity index (χ1) is 13.7. The molecular weight excluding hydrogens is 376 g/mol. The Hall–Kier alpha value is -3.58. The van der Waals surface area contributed by atoms with Gasteiger partial charge in [0.25, 0.3) is 5.91 Å². The third-order valence-electron chi connectivity index (χ3n) is 4.09. The Morgan fingerprint density at radius 3 is 2.50 bits per heavy atom. The molecule has 28 heavy (non-hydrogen) atoms. The quantitative estimate of drug-likeness (QED) is 0.565. The number of carbonyl (C=O) groups is 1. The number of aromatic nitrogens is 5. The molecule has 0 aliphatic rings. The van der Waals surface area contributed by atoms with Crippen LogP contribution in [-0.2, 0) is 6.54 Å². The van der Waals surface area contributed by atoms with Crippen molar-refractivity contribution in [2.75, 3.05) is 0 Å². The Bertz CT molecular complexity index is 1080. The van der Waals surface area contributed by atoms with Crippen molar-refractivity contribution < 1.29 is 4.79 Å². The highest BCUT2D eigenvalue weighted by Crippen LogP contribution is 2.25. The number of benzene rings is 1. The summed E-state index contributed by atoms with van der Waals surface area (Å²) in [5.41, 5.74) is 3.19. The second kappa shape index (κ2) is 7.98. The fraction of sp³-hybridized carbons (Fsp3) is 0.0500. The van der Waals surface area contributed by atoms with Crippen LogP contribution in [0.2, 0.25) is 5.02 Å². The summed E-state index contributed by atoms with van der Waals surface area (Å²) in [7, 11) is 0. The maximum Gasteiger partial charge on any atom is 0.274 e. The largest absolute Gasteiger partial charge is 0.346 e. The van der Waals surface area contributed by atoms with Gasteiger partial charge in [0.2, 0.25) is 0 Å². The summed E-state index contributed by atoms with van der Waals surface area (Å²) in [6.45, 7) is 0.363. The topological polar surface area (TPSA) is 85.6 Å². The normalized spacial score (nSPS) is 10.6. The van der Waals surface area contributed by atoms with Gasteiger partial charge in [0.1, 0.15) is 5.69 Å². The van der Waals surface area contributed by atoms with E-state index in [0.717, 1.165) is 16.8 Å². The molecule has 0 bridgehead atoms. The van der Waals surface area contributed by atoms with Gasteiger partial charge in [0.05, 0.1) is 5.69 Å². The molecule has 1 amide bonds. The number of hydrogen-bond donors (Lipinski definition) is 1. The molecule has 0 radical (unpaired) electrons. The van der Waals surface area contributed by atoms with Gasteiger partial charge in [-0.25, -0.2) is 4.68 Å². The van der Waals surface area contributed by atoms with E-state index in [4.69, 9.17) is 11.6 Å². The van der Waals surface area contributed by atoms with Crippen molar-refractivity contribution in [1.82, 2.24) is 30.3 Å². The smallest absolute Gasteiger partial charge is 0.274 e. The average Bonchev–Trinajstić information content (AvgIpc) is 3.19. The van der Waals surface area contributed by atoms with E-state index in [0.29, 0.717) is 17.3 Å². The predicted molar refractivity (Wildman–Crippen MR) is 105 cm³/mol. The summed E-state index contributed by atoms with van der Waals surface area (Å²) in [6.07, 6.45) is 6.70. The molecule has 0 atom stereocenters. The molecule has 0 fully saturated rings. The van der Waals surface area contributed by atoms with Gasteiger partial charge < -0.3 is 5.32 Å². The number of hydrogen-bond acceptors (Lipinski definition) is 5. The molecule has 4 aromatic rings. The van der Waals surface area contributed by atoms with Crippen LogP contribution in [0.25, 0.3) is 16.9 Å². The molecular formula is C20H15ClN6O. The SMILES string of the molecule is O=C(NCc1ccncc1)c1nnn(-c2ccc(Cl)cc2)c1-c1cccnc1. The van der Waals surface area contributed by atoms with Crippen LogP contribution >= 0.6 is 11.6 Å². The standard InChI is InChI=1S/C20H15ClN6O/c21-16-3-5-17(6-4-16)27-19(15-2-1-9-23-13-15)18(25-26-27)20(28)24-12-14-7-10-22-11-8-14/h1-11,13H,12H2,(H,24,28). The van der Waals surface area contributed by atoms with E-state index in [1.165, 1.54) is 0 Å². The number of halogens is 1. The van der Waals surface area contributed by atoms with E-state index in [1.54, 1.807) is 47.7 Å². The zero-order chi connectivity index (χ0) is 19.3. The fourth-order valence-electron chi connectivity index (χ4n) is 2.73. The number of amides is 1. The lowest BCUT2D eigenvalue weighted by Gasteiger charge is -2.09. The first kappa shape index (κ1) is 17.8. The highest BCUT2D eigenvalue weighted by molar-refractivity contribution is 6.30. The lowest BCUT2D eigenvalue weighted by atomic mass is 10.1. The maximum atomic E-state index is 12.8. The minimum Gasteiger partial charge on any atom is -0.346 e. The predicted octanol–water partition coefficient (Wildman–Crippen LogP) is 3.31. The van der Waals surface area contributed by atoms with Crippen LogP contribution in [-0.4, -0.2) is 30.9 Å². The zero-order valence-electron chi connectivity index (χ0n) is 14.7. The van der Waals surface area contributed by atoms with Gasteiger partial charge >= 0.3 is 0 Å². The van der Waals surface area contributed by atoms with Gasteiger partial charge in [-0.3, -0.25) is 14.8 Å². The summed E-state index contributed by atoms with van der Waals surface area (Å²) in [5.74, 6) is -0.323. The minimum absolute atomic E-state index is 0.219.